The predicted octanol–water partition coefficient (Wildman–Crippen LogP) is 4.89. The molecule has 0 aromatic heterocycles. The van der Waals surface area contributed by atoms with E-state index in [0.29, 0.717) is 28.7 Å². The van der Waals surface area contributed by atoms with Crippen molar-refractivity contribution in [2.24, 2.45) is 0 Å². The number of phenols is 1. The van der Waals surface area contributed by atoms with Crippen molar-refractivity contribution in [2.45, 2.75) is 58.5 Å². The van der Waals surface area contributed by atoms with Gasteiger partial charge in [0.25, 0.3) is 0 Å². The Balaban J connectivity index is 1.94. The van der Waals surface area contributed by atoms with E-state index in [1.165, 1.54) is 0 Å². The van der Waals surface area contributed by atoms with Crippen LogP contribution in [0, 0.1) is 0 Å². The number of ether oxygens (including phenoxy) is 2. The summed E-state index contributed by atoms with van der Waals surface area (Å²) in [4.78, 5) is 26.4. The zero-order chi connectivity index (χ0) is 21.8. The number of rotatable bonds is 3. The molecule has 0 radical (unpaired) electrons. The second kappa shape index (κ2) is 7.18. The number of allylic oxidation sites excluding steroid dienone is 1. The zero-order valence-corrected chi connectivity index (χ0v) is 17.7. The van der Waals surface area contributed by atoms with Gasteiger partial charge in [0, 0.05) is 34.2 Å². The molecule has 4 rings (SSSR count). The molecule has 2 atom stereocenters. The number of phenolic OH excluding ortho intramolecular Hbond substituents is 1. The normalized spacial score (nSPS) is 22.4. The molecule has 1 N–H and O–H groups in total. The largest absolute Gasteiger partial charge is 0.507 e. The van der Waals surface area contributed by atoms with Crippen molar-refractivity contribution in [3.8, 4) is 5.75 Å². The summed E-state index contributed by atoms with van der Waals surface area (Å²) in [6.07, 6.45) is 0.249. The van der Waals surface area contributed by atoms with Crippen molar-refractivity contribution < 1.29 is 24.2 Å². The summed E-state index contributed by atoms with van der Waals surface area (Å²) in [5, 5.41) is 11.2. The van der Waals surface area contributed by atoms with Gasteiger partial charge in [0.1, 0.15) is 5.75 Å². The van der Waals surface area contributed by atoms with Gasteiger partial charge in [0.05, 0.1) is 17.3 Å². The molecule has 0 saturated carbocycles. The molecular formula is C25H26O5. The Morgan fingerprint density at radius 1 is 1.17 bits per heavy atom. The number of fused-ring (bicyclic) bond motifs is 2. The monoisotopic (exact) mass is 406 g/mol. The highest BCUT2D eigenvalue weighted by molar-refractivity contribution is 6.29. The van der Waals surface area contributed by atoms with E-state index < -0.39 is 11.9 Å². The summed E-state index contributed by atoms with van der Waals surface area (Å²) >= 11 is 0. The molecule has 1 aliphatic carbocycles. The van der Waals surface area contributed by atoms with E-state index >= 15 is 0 Å². The minimum atomic E-state index is -0.755. The van der Waals surface area contributed by atoms with Crippen LogP contribution in [0.2, 0.25) is 0 Å². The number of ketones is 2. The molecule has 0 unspecified atom stereocenters. The molecule has 30 heavy (non-hydrogen) atoms. The van der Waals surface area contributed by atoms with Crippen LogP contribution in [0.25, 0.3) is 0 Å². The average molecular weight is 406 g/mol. The molecule has 2 aromatic carbocycles. The first kappa shape index (κ1) is 20.5. The quantitative estimate of drug-likeness (QED) is 0.627. The molecule has 2 aromatic rings. The van der Waals surface area contributed by atoms with Gasteiger partial charge in [0.15, 0.2) is 17.9 Å². The fourth-order valence-corrected chi connectivity index (χ4v) is 4.45. The first-order chi connectivity index (χ1) is 14.1. The molecule has 5 heteroatoms. The lowest BCUT2D eigenvalue weighted by Gasteiger charge is -2.40. The fourth-order valence-electron chi connectivity index (χ4n) is 4.45. The van der Waals surface area contributed by atoms with Crippen LogP contribution in [0.1, 0.15) is 83.4 Å². The second-order valence-corrected chi connectivity index (χ2v) is 8.91. The van der Waals surface area contributed by atoms with Crippen molar-refractivity contribution in [2.75, 3.05) is 0 Å². The highest BCUT2D eigenvalue weighted by Crippen LogP contribution is 2.43. The van der Waals surface area contributed by atoms with E-state index in [0.717, 1.165) is 12.0 Å². The SMILES string of the molecule is C=C(C)Cc1c([C@H]2O[C@@H](C)CC(C)(C)O2)cc2c(c1O)C(=O)c1ccccc1C2=O. The number of benzene rings is 2. The Kier molecular flexibility index (Phi) is 4.91. The summed E-state index contributed by atoms with van der Waals surface area (Å²) in [6.45, 7) is 11.8. The van der Waals surface area contributed by atoms with Crippen molar-refractivity contribution in [3.05, 3.63) is 75.9 Å². The Morgan fingerprint density at radius 2 is 1.80 bits per heavy atom. The van der Waals surface area contributed by atoms with Crippen LogP contribution < -0.4 is 0 Å². The number of hydrogen-bond acceptors (Lipinski definition) is 5. The van der Waals surface area contributed by atoms with Gasteiger partial charge in [-0.05, 0) is 40.2 Å². The maximum absolute atomic E-state index is 13.2. The minimum Gasteiger partial charge on any atom is -0.507 e. The molecule has 1 aliphatic heterocycles. The summed E-state index contributed by atoms with van der Waals surface area (Å²) in [6, 6.07) is 8.34. The average Bonchev–Trinajstić information content (AvgIpc) is 2.65. The van der Waals surface area contributed by atoms with Crippen molar-refractivity contribution in [1.82, 2.24) is 0 Å². The number of carbonyl (C=O) groups is 2. The first-order valence-electron chi connectivity index (χ1n) is 10.1. The molecule has 0 spiro atoms. The van der Waals surface area contributed by atoms with Gasteiger partial charge in [0.2, 0.25) is 0 Å². The summed E-state index contributed by atoms with van der Waals surface area (Å²) in [7, 11) is 0. The van der Waals surface area contributed by atoms with Crippen LogP contribution in [-0.4, -0.2) is 28.4 Å². The second-order valence-electron chi connectivity index (χ2n) is 8.91. The Morgan fingerprint density at radius 3 is 2.40 bits per heavy atom. The molecule has 0 bridgehead atoms. The molecule has 2 aliphatic rings. The summed E-state index contributed by atoms with van der Waals surface area (Å²) in [5.74, 6) is -0.838. The number of aromatic hydroxyl groups is 1. The third kappa shape index (κ3) is 3.38. The highest BCUT2D eigenvalue weighted by atomic mass is 16.7. The predicted molar refractivity (Wildman–Crippen MR) is 113 cm³/mol. The Bertz CT molecular complexity index is 1080. The van der Waals surface area contributed by atoms with E-state index in [1.54, 1.807) is 30.3 Å². The van der Waals surface area contributed by atoms with Gasteiger partial charge in [-0.2, -0.15) is 0 Å². The lowest BCUT2D eigenvalue weighted by atomic mass is 9.80. The van der Waals surface area contributed by atoms with Gasteiger partial charge < -0.3 is 14.6 Å². The van der Waals surface area contributed by atoms with E-state index in [4.69, 9.17) is 9.47 Å². The van der Waals surface area contributed by atoms with Gasteiger partial charge in [-0.15, -0.1) is 0 Å². The number of hydrogen-bond donors (Lipinski definition) is 1. The first-order valence-corrected chi connectivity index (χ1v) is 10.1. The van der Waals surface area contributed by atoms with Crippen molar-refractivity contribution in [1.29, 1.82) is 0 Å². The number of carbonyl (C=O) groups excluding carboxylic acids is 2. The van der Waals surface area contributed by atoms with Crippen LogP contribution >= 0.6 is 0 Å². The molecule has 1 fully saturated rings. The third-order valence-corrected chi connectivity index (χ3v) is 5.62. The van der Waals surface area contributed by atoms with Crippen LogP contribution in [0.15, 0.2) is 42.5 Å². The van der Waals surface area contributed by atoms with Crippen LogP contribution in [0.4, 0.5) is 0 Å². The van der Waals surface area contributed by atoms with E-state index in [1.807, 2.05) is 27.7 Å². The zero-order valence-electron chi connectivity index (χ0n) is 17.7. The minimum absolute atomic E-state index is 0.0434. The van der Waals surface area contributed by atoms with Gasteiger partial charge in [-0.25, -0.2) is 0 Å². The standard InChI is InChI=1S/C25H26O5/c1-13(2)10-17-18(24-29-14(3)12-25(4,5)30-24)11-19-20(23(17)28)22(27)16-9-7-6-8-15(16)21(19)26/h6-9,11,14,24,28H,1,10,12H2,2-5H3/t14-,24-/m0/s1. The van der Waals surface area contributed by atoms with E-state index in [2.05, 4.69) is 6.58 Å². The van der Waals surface area contributed by atoms with Crippen molar-refractivity contribution in [3.63, 3.8) is 0 Å². The van der Waals surface area contributed by atoms with Crippen molar-refractivity contribution >= 4 is 11.6 Å². The van der Waals surface area contributed by atoms with E-state index in [-0.39, 0.29) is 34.5 Å². The molecule has 156 valence electrons. The highest BCUT2D eigenvalue weighted by Gasteiger charge is 2.39. The van der Waals surface area contributed by atoms with Gasteiger partial charge in [-0.3, -0.25) is 9.59 Å². The maximum Gasteiger partial charge on any atom is 0.198 e. The topological polar surface area (TPSA) is 72.8 Å². The van der Waals surface area contributed by atoms with E-state index in [9.17, 15) is 14.7 Å². The molecular weight excluding hydrogens is 380 g/mol. The fraction of sp³-hybridized carbons (Fsp3) is 0.360. The molecule has 5 nitrogen and oxygen atoms in total. The Hall–Kier alpha value is -2.76. The summed E-state index contributed by atoms with van der Waals surface area (Å²) in [5.41, 5.74) is 2.32. The lowest BCUT2D eigenvalue weighted by Crippen LogP contribution is -2.39. The smallest absolute Gasteiger partial charge is 0.198 e. The van der Waals surface area contributed by atoms with Crippen LogP contribution in [0.3, 0.4) is 0 Å². The van der Waals surface area contributed by atoms with Crippen LogP contribution in [0.5, 0.6) is 5.75 Å². The molecule has 0 amide bonds. The van der Waals surface area contributed by atoms with Gasteiger partial charge >= 0.3 is 0 Å². The molecule has 1 saturated heterocycles. The lowest BCUT2D eigenvalue weighted by molar-refractivity contribution is -0.273. The third-order valence-electron chi connectivity index (χ3n) is 5.62. The van der Waals surface area contributed by atoms with Gasteiger partial charge in [-0.1, -0.05) is 36.4 Å². The molecule has 1 heterocycles. The van der Waals surface area contributed by atoms with Crippen LogP contribution in [-0.2, 0) is 15.9 Å². The summed E-state index contributed by atoms with van der Waals surface area (Å²) < 4.78 is 12.2. The Labute approximate surface area is 176 Å². The maximum atomic E-state index is 13.2.